The third-order valence-electron chi connectivity index (χ3n) is 3.78. The van der Waals surface area contributed by atoms with Crippen molar-refractivity contribution in [3.05, 3.63) is 23.3 Å². The van der Waals surface area contributed by atoms with Crippen molar-refractivity contribution in [2.24, 2.45) is 0 Å². The van der Waals surface area contributed by atoms with Gasteiger partial charge in [-0.1, -0.05) is 6.92 Å². The topological polar surface area (TPSA) is 49.7 Å². The lowest BCUT2D eigenvalue weighted by Gasteiger charge is -2.29. The summed E-state index contributed by atoms with van der Waals surface area (Å²) in [6, 6.07) is 3.66. The molecule has 3 heteroatoms. The minimum absolute atomic E-state index is 0.204. The van der Waals surface area contributed by atoms with Crippen molar-refractivity contribution in [1.29, 1.82) is 0 Å². The molecule has 2 atom stereocenters. The first kappa shape index (κ1) is 13.2. The number of aromatic hydroxyl groups is 1. The first-order valence-corrected chi connectivity index (χ1v) is 6.51. The number of rotatable bonds is 1. The molecule has 0 saturated carbocycles. The van der Waals surface area contributed by atoms with Crippen LogP contribution in [0, 0.1) is 6.92 Å². The van der Waals surface area contributed by atoms with E-state index in [-0.39, 0.29) is 6.10 Å². The molecule has 0 spiro atoms. The predicted octanol–water partition coefficient (Wildman–Crippen LogP) is 3.12. The van der Waals surface area contributed by atoms with Crippen LogP contribution in [-0.4, -0.2) is 21.9 Å². The van der Waals surface area contributed by atoms with Crippen molar-refractivity contribution in [3.63, 3.8) is 0 Å². The lowest BCUT2D eigenvalue weighted by Crippen LogP contribution is -2.40. The van der Waals surface area contributed by atoms with Crippen LogP contribution in [0.1, 0.15) is 50.7 Å². The zero-order valence-corrected chi connectivity index (χ0v) is 11.5. The highest BCUT2D eigenvalue weighted by Gasteiger charge is 2.32. The third kappa shape index (κ3) is 2.46. The Morgan fingerprint density at radius 1 is 1.28 bits per heavy atom. The molecule has 1 aliphatic rings. The van der Waals surface area contributed by atoms with E-state index in [0.29, 0.717) is 11.7 Å². The molecule has 18 heavy (non-hydrogen) atoms. The zero-order chi connectivity index (χ0) is 13.5. The number of benzene rings is 1. The molecule has 1 aromatic rings. The van der Waals surface area contributed by atoms with Crippen LogP contribution in [0.15, 0.2) is 12.1 Å². The highest BCUT2D eigenvalue weighted by molar-refractivity contribution is 5.47. The zero-order valence-electron chi connectivity index (χ0n) is 11.5. The summed E-state index contributed by atoms with van der Waals surface area (Å²) in [6.07, 6.45) is 1.56. The summed E-state index contributed by atoms with van der Waals surface area (Å²) in [7, 11) is 0. The van der Waals surface area contributed by atoms with Gasteiger partial charge < -0.3 is 14.9 Å². The molecule has 0 radical (unpaired) electrons. The Kier molecular flexibility index (Phi) is 3.28. The van der Waals surface area contributed by atoms with E-state index in [2.05, 4.69) is 6.92 Å². The number of hydrogen-bond donors (Lipinski definition) is 2. The van der Waals surface area contributed by atoms with E-state index in [1.807, 2.05) is 13.0 Å². The summed E-state index contributed by atoms with van der Waals surface area (Å²) in [4.78, 5) is 0. The maximum absolute atomic E-state index is 10.1. The van der Waals surface area contributed by atoms with Gasteiger partial charge in [-0.2, -0.15) is 0 Å². The third-order valence-corrected chi connectivity index (χ3v) is 3.78. The number of fused-ring (bicyclic) bond motifs is 1. The summed E-state index contributed by atoms with van der Waals surface area (Å²) < 4.78 is 5.97. The molecule has 0 aliphatic carbocycles. The number of aryl methyl sites for hydroxylation is 1. The predicted molar refractivity (Wildman–Crippen MR) is 71.2 cm³/mol. The molecule has 1 heterocycles. The van der Waals surface area contributed by atoms with Crippen LogP contribution in [0.5, 0.6) is 11.5 Å². The van der Waals surface area contributed by atoms with Crippen molar-refractivity contribution in [2.75, 3.05) is 0 Å². The van der Waals surface area contributed by atoms with Crippen LogP contribution in [0.25, 0.3) is 0 Å². The molecular weight excluding hydrogens is 228 g/mol. The van der Waals surface area contributed by atoms with Gasteiger partial charge in [0.25, 0.3) is 0 Å². The molecule has 1 aliphatic heterocycles. The second-order valence-corrected chi connectivity index (χ2v) is 5.92. The second kappa shape index (κ2) is 4.47. The van der Waals surface area contributed by atoms with E-state index in [1.54, 1.807) is 19.9 Å². The minimum Gasteiger partial charge on any atom is -0.508 e. The normalized spacial score (nSPS) is 24.1. The maximum atomic E-state index is 10.1. The standard InChI is InChI=1S/C15H22O3/c1-9-5-6-14(15(3,4)17)18-13-7-10(2)12(16)8-11(9)13/h7-9,14,16-17H,5-6H2,1-4H3. The van der Waals surface area contributed by atoms with Crippen LogP contribution < -0.4 is 4.74 Å². The number of ether oxygens (including phenoxy) is 1. The van der Waals surface area contributed by atoms with Gasteiger partial charge in [0, 0.05) is 5.56 Å². The lowest BCUT2D eigenvalue weighted by atomic mass is 9.91. The molecule has 1 aromatic carbocycles. The van der Waals surface area contributed by atoms with Gasteiger partial charge in [-0.25, -0.2) is 0 Å². The second-order valence-electron chi connectivity index (χ2n) is 5.92. The van der Waals surface area contributed by atoms with Gasteiger partial charge in [0.15, 0.2) is 0 Å². The molecule has 2 unspecified atom stereocenters. The Bertz CT molecular complexity index is 446. The fraction of sp³-hybridized carbons (Fsp3) is 0.600. The van der Waals surface area contributed by atoms with Crippen molar-refractivity contribution in [3.8, 4) is 11.5 Å². The van der Waals surface area contributed by atoms with E-state index in [4.69, 9.17) is 4.74 Å². The molecule has 2 N–H and O–H groups in total. The van der Waals surface area contributed by atoms with Crippen LogP contribution >= 0.6 is 0 Å². The minimum atomic E-state index is -0.854. The monoisotopic (exact) mass is 250 g/mol. The first-order chi connectivity index (χ1) is 8.29. The SMILES string of the molecule is Cc1cc2c(cc1O)C(C)CCC(C(C)(C)O)O2. The molecule has 3 nitrogen and oxygen atoms in total. The van der Waals surface area contributed by atoms with Crippen LogP contribution in [0.4, 0.5) is 0 Å². The van der Waals surface area contributed by atoms with Gasteiger partial charge in [0.1, 0.15) is 17.6 Å². The van der Waals surface area contributed by atoms with Gasteiger partial charge >= 0.3 is 0 Å². The van der Waals surface area contributed by atoms with Gasteiger partial charge in [0.2, 0.25) is 0 Å². The summed E-state index contributed by atoms with van der Waals surface area (Å²) in [5, 5.41) is 19.9. The lowest BCUT2D eigenvalue weighted by molar-refractivity contribution is -0.0361. The van der Waals surface area contributed by atoms with Gasteiger partial charge in [-0.15, -0.1) is 0 Å². The molecule has 2 rings (SSSR count). The average molecular weight is 250 g/mol. The number of hydrogen-bond acceptors (Lipinski definition) is 3. The summed E-state index contributed by atoms with van der Waals surface area (Å²) in [5.74, 6) is 1.44. The molecule has 0 amide bonds. The Morgan fingerprint density at radius 3 is 2.56 bits per heavy atom. The number of aliphatic hydroxyl groups is 1. The van der Waals surface area contributed by atoms with Crippen LogP contribution in [0.2, 0.25) is 0 Å². The van der Waals surface area contributed by atoms with Crippen LogP contribution in [0.3, 0.4) is 0 Å². The fourth-order valence-corrected chi connectivity index (χ4v) is 2.44. The van der Waals surface area contributed by atoms with E-state index in [0.717, 1.165) is 29.7 Å². The highest BCUT2D eigenvalue weighted by Crippen LogP contribution is 2.40. The Labute approximate surface area is 108 Å². The molecule has 100 valence electrons. The quantitative estimate of drug-likeness (QED) is 0.805. The molecule has 0 saturated heterocycles. The van der Waals surface area contributed by atoms with Crippen molar-refractivity contribution >= 4 is 0 Å². The smallest absolute Gasteiger partial charge is 0.127 e. The largest absolute Gasteiger partial charge is 0.508 e. The van der Waals surface area contributed by atoms with Gasteiger partial charge in [-0.3, -0.25) is 0 Å². The maximum Gasteiger partial charge on any atom is 0.127 e. The molecular formula is C15H22O3. The number of phenolic OH excluding ortho intramolecular Hbond substituents is 1. The van der Waals surface area contributed by atoms with E-state index in [1.165, 1.54) is 0 Å². The summed E-state index contributed by atoms with van der Waals surface area (Å²) in [6.45, 7) is 7.54. The van der Waals surface area contributed by atoms with Crippen LogP contribution in [-0.2, 0) is 0 Å². The average Bonchev–Trinajstić information content (AvgIpc) is 2.40. The van der Waals surface area contributed by atoms with Gasteiger partial charge in [-0.05, 0) is 57.2 Å². The van der Waals surface area contributed by atoms with Crippen molar-refractivity contribution in [1.82, 2.24) is 0 Å². The van der Waals surface area contributed by atoms with Gasteiger partial charge in [0.05, 0.1) is 5.60 Å². The Balaban J connectivity index is 2.42. The number of phenols is 1. The molecule has 0 bridgehead atoms. The first-order valence-electron chi connectivity index (χ1n) is 6.51. The van der Waals surface area contributed by atoms with E-state index in [9.17, 15) is 10.2 Å². The molecule has 0 fully saturated rings. The fourth-order valence-electron chi connectivity index (χ4n) is 2.44. The summed E-state index contributed by atoms with van der Waals surface area (Å²) in [5.41, 5.74) is 0.981. The Morgan fingerprint density at radius 2 is 1.94 bits per heavy atom. The van der Waals surface area contributed by atoms with Crippen molar-refractivity contribution in [2.45, 2.75) is 58.2 Å². The van der Waals surface area contributed by atoms with E-state index < -0.39 is 5.60 Å². The Hall–Kier alpha value is -1.22. The van der Waals surface area contributed by atoms with E-state index >= 15 is 0 Å². The summed E-state index contributed by atoms with van der Waals surface area (Å²) >= 11 is 0. The molecule has 0 aromatic heterocycles. The highest BCUT2D eigenvalue weighted by atomic mass is 16.5. The van der Waals surface area contributed by atoms with Crippen molar-refractivity contribution < 1.29 is 14.9 Å².